The number of alkyl carbamates (subject to hydrolysis) is 1. The molecule has 46 heavy (non-hydrogen) atoms. The third-order valence-corrected chi connectivity index (χ3v) is 7.62. The molecular weight excluding hydrogens is 629 g/mol. The third kappa shape index (κ3) is 8.59. The Kier molecular flexibility index (Phi) is 10.5. The van der Waals surface area contributed by atoms with Gasteiger partial charge in [-0.05, 0) is 32.9 Å². The molecule has 3 heterocycles. The average molecular weight is 661 g/mol. The summed E-state index contributed by atoms with van der Waals surface area (Å²) in [7, 11) is 0. The number of anilines is 2. The van der Waals surface area contributed by atoms with Crippen LogP contribution in [0.4, 0.5) is 15.1 Å². The molecule has 4 aromatic rings. The van der Waals surface area contributed by atoms with E-state index in [-0.39, 0.29) is 11.6 Å². The van der Waals surface area contributed by atoms with E-state index >= 15 is 0 Å². The molecule has 0 saturated carbocycles. The zero-order valence-corrected chi connectivity index (χ0v) is 27.0. The van der Waals surface area contributed by atoms with Crippen molar-refractivity contribution in [1.29, 1.82) is 0 Å². The first-order chi connectivity index (χ1) is 22.2. The summed E-state index contributed by atoms with van der Waals surface area (Å²) in [5.74, 6) is -0.663. The van der Waals surface area contributed by atoms with Crippen molar-refractivity contribution >= 4 is 62.3 Å². The quantitative estimate of drug-likeness (QED) is 0.145. The van der Waals surface area contributed by atoms with Crippen molar-refractivity contribution in [3.05, 3.63) is 82.7 Å². The van der Waals surface area contributed by atoms with Crippen molar-refractivity contribution in [2.45, 2.75) is 26.4 Å². The second-order valence-electron chi connectivity index (χ2n) is 10.7. The molecule has 0 saturated heterocycles. The van der Waals surface area contributed by atoms with E-state index in [0.29, 0.717) is 53.5 Å². The van der Waals surface area contributed by atoms with Gasteiger partial charge in [0.1, 0.15) is 11.3 Å². The molecule has 3 amide bonds. The number of nitrogens with one attached hydrogen (secondary N) is 3. The Hall–Kier alpha value is -4.99. The maximum Gasteiger partial charge on any atom is 0.407 e. The van der Waals surface area contributed by atoms with Crippen molar-refractivity contribution in [1.82, 2.24) is 20.6 Å². The van der Waals surface area contributed by atoms with Gasteiger partial charge in [0.05, 0.1) is 18.9 Å². The highest BCUT2D eigenvalue weighted by atomic mass is 32.1. The standard InChI is InChI=1S/C31H32N8O5S2/c1-31(2,3)44-30(42)34-14-17-43-16-13-32-26(40)22-11-9-20(10-12-22)23-19-46-29(35-23)39-27(41)25(36-37-28-33-15-18-45-28)24(38-39)21-7-5-4-6-8-21/h4-12,15,18-19H,13-14,16-17H2,1-3H3,(H,32,40)(H,33,37)(H,34,42)/b36-25+. The van der Waals surface area contributed by atoms with Crippen LogP contribution in [0.2, 0.25) is 0 Å². The minimum Gasteiger partial charge on any atom is -0.444 e. The molecule has 5 rings (SSSR count). The SMILES string of the molecule is CC(C)(C)OC(=O)NCCOCCNC(=O)c1ccc(-c2csc(N3N=C(c4ccccc4)/C(=N\Nc4nccs4)C3=O)n2)cc1. The molecular formula is C31H32N8O5S2. The van der Waals surface area contributed by atoms with E-state index in [0.717, 1.165) is 11.1 Å². The third-order valence-electron chi connectivity index (χ3n) is 6.12. The maximum absolute atomic E-state index is 13.5. The maximum atomic E-state index is 13.5. The average Bonchev–Trinajstić information content (AvgIpc) is 3.80. The van der Waals surface area contributed by atoms with E-state index in [1.165, 1.54) is 27.7 Å². The molecule has 0 atom stereocenters. The molecule has 238 valence electrons. The van der Waals surface area contributed by atoms with E-state index < -0.39 is 17.6 Å². The lowest BCUT2D eigenvalue weighted by atomic mass is 10.1. The molecule has 0 radical (unpaired) electrons. The molecule has 1 aliphatic heterocycles. The van der Waals surface area contributed by atoms with E-state index in [4.69, 9.17) is 9.47 Å². The Morgan fingerprint density at radius 3 is 2.39 bits per heavy atom. The van der Waals surface area contributed by atoms with Crippen molar-refractivity contribution in [2.24, 2.45) is 10.2 Å². The number of hydrogen-bond donors (Lipinski definition) is 3. The Bertz CT molecular complexity index is 1720. The van der Waals surface area contributed by atoms with Crippen molar-refractivity contribution in [3.8, 4) is 11.3 Å². The summed E-state index contributed by atoms with van der Waals surface area (Å²) in [4.78, 5) is 46.5. The van der Waals surface area contributed by atoms with E-state index in [1.807, 2.05) is 35.7 Å². The minimum absolute atomic E-state index is 0.149. The number of rotatable bonds is 12. The smallest absolute Gasteiger partial charge is 0.407 e. The topological polar surface area (TPSA) is 160 Å². The van der Waals surface area contributed by atoms with Gasteiger partial charge in [0, 0.05) is 46.7 Å². The molecule has 1 aliphatic rings. The lowest BCUT2D eigenvalue weighted by Crippen LogP contribution is -2.34. The van der Waals surface area contributed by atoms with Crippen LogP contribution in [0.5, 0.6) is 0 Å². The van der Waals surface area contributed by atoms with Gasteiger partial charge in [-0.1, -0.05) is 42.5 Å². The fourth-order valence-electron chi connectivity index (χ4n) is 4.06. The fraction of sp³-hybridized carbons (Fsp3) is 0.258. The Morgan fingerprint density at radius 2 is 1.70 bits per heavy atom. The largest absolute Gasteiger partial charge is 0.444 e. The van der Waals surface area contributed by atoms with Crippen LogP contribution in [0, 0.1) is 0 Å². The first-order valence-electron chi connectivity index (χ1n) is 14.3. The summed E-state index contributed by atoms with van der Waals surface area (Å²) in [6, 6.07) is 16.3. The van der Waals surface area contributed by atoms with Gasteiger partial charge in [-0.25, -0.2) is 14.8 Å². The Labute approximate surface area is 273 Å². The van der Waals surface area contributed by atoms with Gasteiger partial charge in [0.15, 0.2) is 5.71 Å². The molecule has 0 spiro atoms. The number of nitrogens with zero attached hydrogens (tertiary/aromatic N) is 5. The molecule has 3 N–H and O–H groups in total. The minimum atomic E-state index is -0.562. The van der Waals surface area contributed by atoms with Crippen molar-refractivity contribution in [2.75, 3.05) is 36.7 Å². The zero-order valence-electron chi connectivity index (χ0n) is 25.4. The highest BCUT2D eigenvalue weighted by Gasteiger charge is 2.36. The number of hydrazone groups is 2. The normalized spacial score (nSPS) is 13.9. The molecule has 0 aliphatic carbocycles. The molecule has 13 nitrogen and oxygen atoms in total. The van der Waals surface area contributed by atoms with E-state index in [1.54, 1.807) is 56.6 Å². The van der Waals surface area contributed by atoms with Gasteiger partial charge in [-0.3, -0.25) is 15.0 Å². The first-order valence-corrected chi connectivity index (χ1v) is 16.0. The van der Waals surface area contributed by atoms with Gasteiger partial charge in [0.25, 0.3) is 5.91 Å². The Balaban J connectivity index is 1.15. The van der Waals surface area contributed by atoms with Gasteiger partial charge < -0.3 is 20.1 Å². The first kappa shape index (κ1) is 32.4. The van der Waals surface area contributed by atoms with Gasteiger partial charge in [-0.2, -0.15) is 15.2 Å². The summed E-state index contributed by atoms with van der Waals surface area (Å²) in [6.07, 6.45) is 1.14. The second kappa shape index (κ2) is 14.9. The zero-order chi connectivity index (χ0) is 32.5. The summed E-state index contributed by atoms with van der Waals surface area (Å²) in [5.41, 5.74) is 5.48. The fourth-order valence-corrected chi connectivity index (χ4v) is 5.32. The van der Waals surface area contributed by atoms with Crippen LogP contribution in [-0.2, 0) is 14.3 Å². The summed E-state index contributed by atoms with van der Waals surface area (Å²) in [6.45, 7) is 6.56. The molecule has 0 fully saturated rings. The number of carbonyl (C=O) groups excluding carboxylic acids is 3. The van der Waals surface area contributed by atoms with Crippen LogP contribution in [0.15, 0.2) is 81.8 Å². The monoisotopic (exact) mass is 660 g/mol. The second-order valence-corrected chi connectivity index (χ2v) is 12.5. The molecule has 15 heteroatoms. The predicted molar refractivity (Wildman–Crippen MR) is 179 cm³/mol. The lowest BCUT2D eigenvalue weighted by Gasteiger charge is -2.19. The van der Waals surface area contributed by atoms with Gasteiger partial charge in [0.2, 0.25) is 10.3 Å². The number of hydrogen-bond acceptors (Lipinski definition) is 12. The number of ether oxygens (including phenoxy) is 2. The number of thiazole rings is 2. The van der Waals surface area contributed by atoms with Crippen molar-refractivity contribution < 1.29 is 23.9 Å². The van der Waals surface area contributed by atoms with Gasteiger partial charge >= 0.3 is 12.0 Å². The summed E-state index contributed by atoms with van der Waals surface area (Å²) < 4.78 is 10.6. The predicted octanol–water partition coefficient (Wildman–Crippen LogP) is 4.76. The number of benzene rings is 2. The van der Waals surface area contributed by atoms with Crippen LogP contribution in [-0.4, -0.2) is 71.2 Å². The summed E-state index contributed by atoms with van der Waals surface area (Å²) in [5, 5.41) is 20.1. The molecule has 2 aromatic heterocycles. The molecule has 0 unspecified atom stereocenters. The van der Waals surface area contributed by atoms with Crippen LogP contribution in [0.1, 0.15) is 36.7 Å². The number of carbonyl (C=O) groups is 3. The summed E-state index contributed by atoms with van der Waals surface area (Å²) >= 11 is 2.64. The highest BCUT2D eigenvalue weighted by Crippen LogP contribution is 2.30. The van der Waals surface area contributed by atoms with Crippen LogP contribution in [0.3, 0.4) is 0 Å². The van der Waals surface area contributed by atoms with E-state index in [2.05, 4.69) is 36.2 Å². The molecule has 0 bridgehead atoms. The molecule has 2 aromatic carbocycles. The van der Waals surface area contributed by atoms with Crippen LogP contribution < -0.4 is 21.1 Å². The highest BCUT2D eigenvalue weighted by molar-refractivity contribution is 7.14. The van der Waals surface area contributed by atoms with Crippen LogP contribution >= 0.6 is 22.7 Å². The number of amides is 3. The lowest BCUT2D eigenvalue weighted by molar-refractivity contribution is -0.112. The van der Waals surface area contributed by atoms with Gasteiger partial charge in [-0.15, -0.1) is 22.7 Å². The van der Waals surface area contributed by atoms with Crippen LogP contribution in [0.25, 0.3) is 11.3 Å². The number of aromatic nitrogens is 2. The van der Waals surface area contributed by atoms with Crippen molar-refractivity contribution in [3.63, 3.8) is 0 Å². The van der Waals surface area contributed by atoms with E-state index in [9.17, 15) is 14.4 Å². The Morgan fingerprint density at radius 1 is 0.957 bits per heavy atom.